The fourth-order valence-electron chi connectivity index (χ4n) is 1.98. The highest BCUT2D eigenvalue weighted by Gasteiger charge is 2.20. The van der Waals surface area contributed by atoms with Crippen molar-refractivity contribution in [3.05, 3.63) is 35.9 Å². The topological polar surface area (TPSA) is 67.4 Å². The Balaban J connectivity index is 2.26. The van der Waals surface area contributed by atoms with Crippen LogP contribution in [0.15, 0.2) is 30.3 Å². The van der Waals surface area contributed by atoms with Gasteiger partial charge >= 0.3 is 12.0 Å². The van der Waals surface area contributed by atoms with E-state index in [-0.39, 0.29) is 6.03 Å². The first kappa shape index (κ1) is 18.4. The summed E-state index contributed by atoms with van der Waals surface area (Å²) in [5.41, 5.74) is 1.25. The molecule has 0 fully saturated rings. The van der Waals surface area contributed by atoms with Crippen molar-refractivity contribution in [3.8, 4) is 0 Å². The van der Waals surface area contributed by atoms with Crippen LogP contribution in [0.4, 0.5) is 4.79 Å². The molecule has 0 spiro atoms. The molecule has 0 heterocycles. The molecule has 2 amide bonds. The normalized spacial score (nSPS) is 11.5. The van der Waals surface area contributed by atoms with Gasteiger partial charge in [0.05, 0.1) is 7.11 Å². The van der Waals surface area contributed by atoms with E-state index in [1.165, 1.54) is 12.7 Å². The largest absolute Gasteiger partial charge is 0.467 e. The highest BCUT2D eigenvalue weighted by Crippen LogP contribution is 2.03. The van der Waals surface area contributed by atoms with E-state index in [9.17, 15) is 9.59 Å². The van der Waals surface area contributed by atoms with Crippen LogP contribution >= 0.6 is 11.8 Å². The Labute approximate surface area is 136 Å². The molecule has 22 heavy (non-hydrogen) atoms. The molecule has 0 unspecified atom stereocenters. The van der Waals surface area contributed by atoms with E-state index >= 15 is 0 Å². The molecule has 0 radical (unpaired) electrons. The standard InChI is InChI=1S/C16H24N2O3S/c1-21-15(19)14(10-12-22-2)18-16(20)17-11-6-9-13-7-4-3-5-8-13/h3-5,7-8,14H,6,9-12H2,1-2H3,(H2,17,18,20)/t14-/m0/s1. The number of carbonyl (C=O) groups is 2. The smallest absolute Gasteiger partial charge is 0.328 e. The maximum atomic E-state index is 11.8. The zero-order chi connectivity index (χ0) is 16.2. The van der Waals surface area contributed by atoms with Crippen LogP contribution in [0, 0.1) is 0 Å². The first-order chi connectivity index (χ1) is 10.7. The highest BCUT2D eigenvalue weighted by atomic mass is 32.2. The van der Waals surface area contributed by atoms with E-state index < -0.39 is 12.0 Å². The molecule has 0 saturated heterocycles. The first-order valence-corrected chi connectivity index (χ1v) is 8.71. The van der Waals surface area contributed by atoms with Gasteiger partial charge in [-0.15, -0.1) is 0 Å². The van der Waals surface area contributed by atoms with Gasteiger partial charge in [-0.2, -0.15) is 11.8 Å². The van der Waals surface area contributed by atoms with Crippen LogP contribution in [0.3, 0.4) is 0 Å². The first-order valence-electron chi connectivity index (χ1n) is 7.32. The quantitative estimate of drug-likeness (QED) is 0.540. The predicted molar refractivity (Wildman–Crippen MR) is 90.1 cm³/mol. The average Bonchev–Trinajstić information content (AvgIpc) is 2.55. The van der Waals surface area contributed by atoms with Crippen LogP contribution in [-0.2, 0) is 16.0 Å². The minimum atomic E-state index is -0.591. The molecular formula is C16H24N2O3S. The second-order valence-electron chi connectivity index (χ2n) is 4.85. The van der Waals surface area contributed by atoms with Crippen LogP contribution in [0.2, 0.25) is 0 Å². The van der Waals surface area contributed by atoms with Gasteiger partial charge in [-0.25, -0.2) is 9.59 Å². The van der Waals surface area contributed by atoms with E-state index in [0.717, 1.165) is 18.6 Å². The molecule has 1 atom stereocenters. The van der Waals surface area contributed by atoms with Gasteiger partial charge in [0.2, 0.25) is 0 Å². The lowest BCUT2D eigenvalue weighted by atomic mass is 10.1. The van der Waals surface area contributed by atoms with Crippen molar-refractivity contribution in [1.29, 1.82) is 0 Å². The second-order valence-corrected chi connectivity index (χ2v) is 5.83. The molecule has 1 rings (SSSR count). The minimum Gasteiger partial charge on any atom is -0.467 e. The second kappa shape index (κ2) is 11.0. The molecule has 0 aromatic heterocycles. The van der Waals surface area contributed by atoms with Gasteiger partial charge < -0.3 is 15.4 Å². The summed E-state index contributed by atoms with van der Waals surface area (Å²) < 4.78 is 4.70. The third-order valence-corrected chi connectivity index (χ3v) is 3.82. The number of rotatable bonds is 9. The number of hydrogen-bond donors (Lipinski definition) is 2. The fourth-order valence-corrected chi connectivity index (χ4v) is 2.45. The molecule has 0 aliphatic carbocycles. The SMILES string of the molecule is COC(=O)[C@H](CCSC)NC(=O)NCCCc1ccccc1. The van der Waals surface area contributed by atoms with E-state index in [2.05, 4.69) is 22.8 Å². The Morgan fingerprint density at radius 1 is 1.27 bits per heavy atom. The van der Waals surface area contributed by atoms with Crippen LogP contribution in [0.1, 0.15) is 18.4 Å². The summed E-state index contributed by atoms with van der Waals surface area (Å²) in [7, 11) is 1.33. The number of carbonyl (C=O) groups excluding carboxylic acids is 2. The highest BCUT2D eigenvalue weighted by molar-refractivity contribution is 7.98. The molecule has 6 heteroatoms. The van der Waals surface area contributed by atoms with Crippen molar-refractivity contribution in [2.24, 2.45) is 0 Å². The van der Waals surface area contributed by atoms with Crippen LogP contribution < -0.4 is 10.6 Å². The van der Waals surface area contributed by atoms with Crippen molar-refractivity contribution in [2.75, 3.05) is 25.7 Å². The summed E-state index contributed by atoms with van der Waals surface area (Å²) in [5, 5.41) is 5.44. The summed E-state index contributed by atoms with van der Waals surface area (Å²) in [5.74, 6) is 0.377. The van der Waals surface area contributed by atoms with Gasteiger partial charge in [0.15, 0.2) is 0 Å². The lowest BCUT2D eigenvalue weighted by molar-refractivity contribution is -0.142. The van der Waals surface area contributed by atoms with Gasteiger partial charge in [-0.1, -0.05) is 30.3 Å². The van der Waals surface area contributed by atoms with Gasteiger partial charge in [0.25, 0.3) is 0 Å². The molecule has 0 bridgehead atoms. The molecule has 1 aromatic carbocycles. The number of methoxy groups -OCH3 is 1. The zero-order valence-corrected chi connectivity index (χ0v) is 13.9. The number of hydrogen-bond acceptors (Lipinski definition) is 4. The minimum absolute atomic E-state index is 0.329. The van der Waals surface area contributed by atoms with E-state index in [1.54, 1.807) is 11.8 Å². The molecule has 0 aliphatic heterocycles. The lowest BCUT2D eigenvalue weighted by Gasteiger charge is -2.16. The van der Waals surface area contributed by atoms with Crippen molar-refractivity contribution in [3.63, 3.8) is 0 Å². The van der Waals surface area contributed by atoms with E-state index in [4.69, 9.17) is 4.74 Å². The van der Waals surface area contributed by atoms with Gasteiger partial charge in [-0.05, 0) is 36.8 Å². The maximum absolute atomic E-state index is 11.8. The number of esters is 1. The van der Waals surface area contributed by atoms with Crippen molar-refractivity contribution < 1.29 is 14.3 Å². The Morgan fingerprint density at radius 3 is 2.64 bits per heavy atom. The summed E-state index contributed by atoms with van der Waals surface area (Å²) >= 11 is 1.62. The number of ether oxygens (including phenoxy) is 1. The van der Waals surface area contributed by atoms with E-state index in [1.807, 2.05) is 24.5 Å². The maximum Gasteiger partial charge on any atom is 0.328 e. The molecule has 122 valence electrons. The van der Waals surface area contributed by atoms with Crippen LogP contribution in [0.5, 0.6) is 0 Å². The number of aryl methyl sites for hydroxylation is 1. The van der Waals surface area contributed by atoms with Gasteiger partial charge in [0, 0.05) is 6.54 Å². The summed E-state index contributed by atoms with van der Waals surface area (Å²) in [6, 6.07) is 9.20. The molecule has 2 N–H and O–H groups in total. The lowest BCUT2D eigenvalue weighted by Crippen LogP contribution is -2.47. The van der Waals surface area contributed by atoms with Crippen LogP contribution in [-0.4, -0.2) is 43.7 Å². The number of amides is 2. The Morgan fingerprint density at radius 2 is 2.00 bits per heavy atom. The van der Waals surface area contributed by atoms with Crippen molar-refractivity contribution in [1.82, 2.24) is 10.6 Å². The number of urea groups is 1. The number of nitrogens with one attached hydrogen (secondary N) is 2. The number of benzene rings is 1. The Kier molecular flexibility index (Phi) is 9.14. The molecular weight excluding hydrogens is 300 g/mol. The monoisotopic (exact) mass is 324 g/mol. The molecule has 5 nitrogen and oxygen atoms in total. The zero-order valence-electron chi connectivity index (χ0n) is 13.1. The van der Waals surface area contributed by atoms with Gasteiger partial charge in [-0.3, -0.25) is 0 Å². The predicted octanol–water partition coefficient (Wildman–Crippen LogP) is 2.21. The van der Waals surface area contributed by atoms with Crippen molar-refractivity contribution in [2.45, 2.75) is 25.3 Å². The third kappa shape index (κ3) is 7.36. The number of thioether (sulfide) groups is 1. The fraction of sp³-hybridized carbons (Fsp3) is 0.500. The van der Waals surface area contributed by atoms with E-state index in [0.29, 0.717) is 13.0 Å². The van der Waals surface area contributed by atoms with Gasteiger partial charge in [0.1, 0.15) is 6.04 Å². The Bertz CT molecular complexity index is 454. The molecule has 1 aromatic rings. The van der Waals surface area contributed by atoms with Crippen LogP contribution in [0.25, 0.3) is 0 Å². The molecule has 0 aliphatic rings. The summed E-state index contributed by atoms with van der Waals surface area (Å²) in [6.45, 7) is 0.567. The summed E-state index contributed by atoms with van der Waals surface area (Å²) in [4.78, 5) is 23.4. The van der Waals surface area contributed by atoms with Crippen molar-refractivity contribution >= 4 is 23.8 Å². The average molecular weight is 324 g/mol. The third-order valence-electron chi connectivity index (χ3n) is 3.17. The Hall–Kier alpha value is -1.69. The molecule has 0 saturated carbocycles. The summed E-state index contributed by atoms with van der Waals surface area (Å²) in [6.07, 6.45) is 4.28.